The van der Waals surface area contributed by atoms with Gasteiger partial charge < -0.3 is 9.84 Å². The van der Waals surface area contributed by atoms with Gasteiger partial charge in [-0.3, -0.25) is 4.79 Å². The maximum Gasteiger partial charge on any atom is 0.178 e. The zero-order valence-corrected chi connectivity index (χ0v) is 10.3. The number of ether oxygens (including phenoxy) is 1. The topological polar surface area (TPSA) is 49.8 Å². The van der Waals surface area contributed by atoms with Crippen molar-refractivity contribution in [1.82, 2.24) is 0 Å². The summed E-state index contributed by atoms with van der Waals surface area (Å²) in [7, 11) is 0. The molecule has 2 aliphatic rings. The van der Waals surface area contributed by atoms with Gasteiger partial charge in [-0.15, -0.1) is 0 Å². The van der Waals surface area contributed by atoms with Gasteiger partial charge in [0.15, 0.2) is 11.4 Å². The van der Waals surface area contributed by atoms with Crippen LogP contribution in [0, 0.1) is 0 Å². The van der Waals surface area contributed by atoms with Gasteiger partial charge in [0.2, 0.25) is 0 Å². The largest absolute Gasteiger partial charge is 0.390 e. The molecule has 18 heavy (non-hydrogen) atoms. The highest BCUT2D eigenvalue weighted by Gasteiger charge is 2.66. The number of hydrogen-bond donors (Lipinski definition) is 1. The number of hydrogen-bond acceptors (Lipinski definition) is 3. The number of fused-ring (bicyclic) bond motifs is 1. The number of aliphatic hydroxyl groups excluding tert-OH is 1. The van der Waals surface area contributed by atoms with Crippen molar-refractivity contribution >= 4 is 5.78 Å². The van der Waals surface area contributed by atoms with Crippen LogP contribution in [0.5, 0.6) is 0 Å². The number of carbonyl (C=O) groups is 1. The molecular formula is C15H18O3. The molecular weight excluding hydrogens is 228 g/mol. The minimum atomic E-state index is -0.840. The third-order valence-corrected chi connectivity index (χ3v) is 4.11. The highest BCUT2D eigenvalue weighted by atomic mass is 16.6. The van der Waals surface area contributed by atoms with Crippen LogP contribution < -0.4 is 0 Å². The molecule has 2 fully saturated rings. The molecule has 96 valence electrons. The van der Waals surface area contributed by atoms with Crippen molar-refractivity contribution in [2.45, 2.75) is 49.9 Å². The summed E-state index contributed by atoms with van der Waals surface area (Å²) in [6.45, 7) is 0. The second-order valence-corrected chi connectivity index (χ2v) is 5.26. The molecule has 0 amide bonds. The number of benzene rings is 1. The first kappa shape index (κ1) is 11.9. The highest BCUT2D eigenvalue weighted by Crippen LogP contribution is 2.48. The Morgan fingerprint density at radius 2 is 2.17 bits per heavy atom. The Hall–Kier alpha value is -1.19. The van der Waals surface area contributed by atoms with Gasteiger partial charge in [-0.05, 0) is 31.2 Å². The van der Waals surface area contributed by atoms with Crippen LogP contribution in [0.2, 0.25) is 0 Å². The number of aliphatic hydroxyl groups is 1. The second kappa shape index (κ2) is 4.48. The third kappa shape index (κ3) is 1.88. The van der Waals surface area contributed by atoms with E-state index in [1.54, 1.807) is 0 Å². The second-order valence-electron chi connectivity index (χ2n) is 5.26. The Morgan fingerprint density at radius 3 is 2.89 bits per heavy atom. The smallest absolute Gasteiger partial charge is 0.178 e. The normalized spacial score (nSPS) is 31.8. The van der Waals surface area contributed by atoms with Gasteiger partial charge in [-0.1, -0.05) is 30.3 Å². The molecule has 1 heterocycles. The Morgan fingerprint density at radius 1 is 1.39 bits per heavy atom. The van der Waals surface area contributed by atoms with Crippen LogP contribution in [0.3, 0.4) is 0 Å². The first-order valence-electron chi connectivity index (χ1n) is 6.66. The molecule has 1 aliphatic heterocycles. The predicted molar refractivity (Wildman–Crippen MR) is 67.2 cm³/mol. The van der Waals surface area contributed by atoms with Gasteiger partial charge in [0.1, 0.15) is 0 Å². The summed E-state index contributed by atoms with van der Waals surface area (Å²) in [5.74, 6) is 0.0966. The van der Waals surface area contributed by atoms with E-state index < -0.39 is 11.7 Å². The molecule has 3 atom stereocenters. The average molecular weight is 246 g/mol. The number of rotatable bonds is 4. The van der Waals surface area contributed by atoms with Crippen LogP contribution in [0.15, 0.2) is 30.3 Å². The van der Waals surface area contributed by atoms with Crippen LogP contribution in [0.1, 0.15) is 31.2 Å². The van der Waals surface area contributed by atoms with Crippen LogP contribution in [0.4, 0.5) is 0 Å². The number of ketones is 1. The lowest BCUT2D eigenvalue weighted by molar-refractivity contribution is -0.129. The maximum atomic E-state index is 11.9. The van der Waals surface area contributed by atoms with E-state index in [9.17, 15) is 9.90 Å². The van der Waals surface area contributed by atoms with E-state index in [1.165, 1.54) is 5.56 Å². The van der Waals surface area contributed by atoms with Gasteiger partial charge >= 0.3 is 0 Å². The van der Waals surface area contributed by atoms with E-state index in [2.05, 4.69) is 0 Å². The molecule has 1 N–H and O–H groups in total. The van der Waals surface area contributed by atoms with E-state index in [1.807, 2.05) is 30.3 Å². The first-order valence-corrected chi connectivity index (χ1v) is 6.66. The van der Waals surface area contributed by atoms with Crippen molar-refractivity contribution in [2.24, 2.45) is 0 Å². The lowest BCUT2D eigenvalue weighted by atomic mass is 9.82. The summed E-state index contributed by atoms with van der Waals surface area (Å²) < 4.78 is 5.53. The van der Waals surface area contributed by atoms with Crippen molar-refractivity contribution < 1.29 is 14.6 Å². The minimum Gasteiger partial charge on any atom is -0.390 e. The zero-order chi connectivity index (χ0) is 12.6. The summed E-state index contributed by atoms with van der Waals surface area (Å²) in [6.07, 6.45) is 3.06. The monoisotopic (exact) mass is 246 g/mol. The molecule has 3 rings (SSSR count). The molecule has 1 aromatic rings. The zero-order valence-electron chi connectivity index (χ0n) is 10.3. The summed E-state index contributed by atoms with van der Waals surface area (Å²) >= 11 is 0. The molecule has 1 saturated heterocycles. The van der Waals surface area contributed by atoms with E-state index in [0.29, 0.717) is 12.8 Å². The number of epoxide rings is 1. The molecule has 0 unspecified atom stereocenters. The van der Waals surface area contributed by atoms with Crippen molar-refractivity contribution in [2.75, 3.05) is 0 Å². The predicted octanol–water partition coefficient (Wildman–Crippen LogP) is 1.87. The molecule has 1 aromatic carbocycles. The molecule has 0 radical (unpaired) electrons. The van der Waals surface area contributed by atoms with Gasteiger partial charge in [0.05, 0.1) is 12.2 Å². The molecule has 1 aliphatic carbocycles. The fourth-order valence-electron chi connectivity index (χ4n) is 3.00. The fraction of sp³-hybridized carbons (Fsp3) is 0.533. The van der Waals surface area contributed by atoms with Crippen molar-refractivity contribution in [3.63, 3.8) is 0 Å². The standard InChI is InChI=1S/C15H18O3/c16-12-7-4-8-14-15(12,18-14)13(17)10-9-11-5-2-1-3-6-11/h1-3,5-6,13-14,17H,4,7-10H2/t13-,14+,15+/m0/s1. The quantitative estimate of drug-likeness (QED) is 0.825. The summed E-state index contributed by atoms with van der Waals surface area (Å²) in [4.78, 5) is 11.9. The average Bonchev–Trinajstić information content (AvgIpc) is 3.14. The SMILES string of the molecule is O=C1CCC[C@H]2O[C@@]12[C@@H](O)CCc1ccccc1. The molecule has 0 bridgehead atoms. The number of Topliss-reactive ketones (excluding diaryl/α,β-unsaturated/α-hetero) is 1. The van der Waals surface area contributed by atoms with Gasteiger partial charge in [-0.2, -0.15) is 0 Å². The Kier molecular flexibility index (Phi) is 2.96. The van der Waals surface area contributed by atoms with Gasteiger partial charge in [-0.25, -0.2) is 0 Å². The highest BCUT2D eigenvalue weighted by molar-refractivity contribution is 5.92. The summed E-state index contributed by atoms with van der Waals surface area (Å²) in [5.41, 5.74) is 0.348. The van der Waals surface area contributed by atoms with E-state index in [-0.39, 0.29) is 11.9 Å². The Balaban J connectivity index is 1.62. The third-order valence-electron chi connectivity index (χ3n) is 4.11. The lowest BCUT2D eigenvalue weighted by Crippen LogP contribution is -2.42. The molecule has 1 saturated carbocycles. The summed E-state index contributed by atoms with van der Waals surface area (Å²) in [5, 5.41) is 10.3. The fourth-order valence-corrected chi connectivity index (χ4v) is 3.00. The van der Waals surface area contributed by atoms with Gasteiger partial charge in [0.25, 0.3) is 0 Å². The minimum absolute atomic E-state index is 0.0236. The number of carbonyl (C=O) groups excluding carboxylic acids is 1. The Bertz CT molecular complexity index is 442. The van der Waals surface area contributed by atoms with E-state index in [0.717, 1.165) is 19.3 Å². The Labute approximate surface area is 107 Å². The van der Waals surface area contributed by atoms with Crippen molar-refractivity contribution in [3.05, 3.63) is 35.9 Å². The lowest BCUT2D eigenvalue weighted by Gasteiger charge is -2.21. The number of aryl methyl sites for hydroxylation is 1. The van der Waals surface area contributed by atoms with Crippen LogP contribution in [-0.2, 0) is 16.0 Å². The molecule has 3 heteroatoms. The first-order chi connectivity index (χ1) is 8.73. The molecule has 0 aromatic heterocycles. The molecule has 0 spiro atoms. The summed E-state index contributed by atoms with van der Waals surface area (Å²) in [6, 6.07) is 10.0. The van der Waals surface area contributed by atoms with E-state index in [4.69, 9.17) is 4.74 Å². The van der Waals surface area contributed by atoms with Crippen LogP contribution >= 0.6 is 0 Å². The maximum absolute atomic E-state index is 11.9. The van der Waals surface area contributed by atoms with Crippen molar-refractivity contribution in [1.29, 1.82) is 0 Å². The van der Waals surface area contributed by atoms with Gasteiger partial charge in [0, 0.05) is 6.42 Å². The van der Waals surface area contributed by atoms with E-state index >= 15 is 0 Å². The van der Waals surface area contributed by atoms with Crippen LogP contribution in [-0.4, -0.2) is 28.7 Å². The molecule has 3 nitrogen and oxygen atoms in total. The van der Waals surface area contributed by atoms with Crippen LogP contribution in [0.25, 0.3) is 0 Å². The van der Waals surface area contributed by atoms with Crippen molar-refractivity contribution in [3.8, 4) is 0 Å².